The molecular formula is C19H24N2O2S. The number of nitrogens with one attached hydrogen (secondary N) is 1. The van der Waals surface area contributed by atoms with Gasteiger partial charge in [0.1, 0.15) is 0 Å². The maximum Gasteiger partial charge on any atom is 0.240 e. The molecule has 0 fully saturated rings. The standard InChI is InChI=1S/C19H24N2O2S/c1-16-7-9-19(10-8-16)24(22,23)20-12-4-13-21-14-11-17-5-2-3-6-18(17)15-21/h2-3,5-10,20H,4,11-15H2,1H3. The molecule has 5 heteroatoms. The van der Waals surface area contributed by atoms with Gasteiger partial charge in [0.15, 0.2) is 0 Å². The molecule has 1 N–H and O–H groups in total. The molecule has 1 aliphatic rings. The fraction of sp³-hybridized carbons (Fsp3) is 0.368. The number of hydrogen-bond donors (Lipinski definition) is 1. The van der Waals surface area contributed by atoms with Crippen molar-refractivity contribution in [3.8, 4) is 0 Å². The van der Waals surface area contributed by atoms with E-state index >= 15 is 0 Å². The van der Waals surface area contributed by atoms with E-state index in [0.29, 0.717) is 11.4 Å². The molecule has 24 heavy (non-hydrogen) atoms. The monoisotopic (exact) mass is 344 g/mol. The van der Waals surface area contributed by atoms with E-state index in [-0.39, 0.29) is 0 Å². The van der Waals surface area contributed by atoms with E-state index in [9.17, 15) is 8.42 Å². The van der Waals surface area contributed by atoms with Crippen molar-refractivity contribution in [1.29, 1.82) is 0 Å². The molecule has 0 aliphatic carbocycles. The number of benzene rings is 2. The molecule has 0 unspecified atom stereocenters. The Morgan fingerprint density at radius 3 is 2.50 bits per heavy atom. The first-order valence-corrected chi connectivity index (χ1v) is 9.88. The number of nitrogens with zero attached hydrogens (tertiary/aromatic N) is 1. The van der Waals surface area contributed by atoms with Gasteiger partial charge in [0, 0.05) is 19.6 Å². The van der Waals surface area contributed by atoms with Gasteiger partial charge in [-0.25, -0.2) is 13.1 Å². The smallest absolute Gasteiger partial charge is 0.240 e. The van der Waals surface area contributed by atoms with Crippen molar-refractivity contribution in [2.45, 2.75) is 31.2 Å². The first-order chi connectivity index (χ1) is 11.5. The second-order valence-electron chi connectivity index (χ2n) is 6.36. The van der Waals surface area contributed by atoms with Crippen LogP contribution in [0.4, 0.5) is 0 Å². The van der Waals surface area contributed by atoms with Crippen molar-refractivity contribution in [2.75, 3.05) is 19.6 Å². The van der Waals surface area contributed by atoms with E-state index in [2.05, 4.69) is 33.9 Å². The highest BCUT2D eigenvalue weighted by Gasteiger charge is 2.16. The van der Waals surface area contributed by atoms with E-state index in [0.717, 1.165) is 38.0 Å². The van der Waals surface area contributed by atoms with Crippen LogP contribution in [0.25, 0.3) is 0 Å². The molecular weight excluding hydrogens is 320 g/mol. The van der Waals surface area contributed by atoms with Crippen LogP contribution in [-0.2, 0) is 23.0 Å². The predicted octanol–water partition coefficient (Wildman–Crippen LogP) is 2.72. The summed E-state index contributed by atoms with van der Waals surface area (Å²) in [5.74, 6) is 0. The normalized spacial score (nSPS) is 15.2. The minimum absolute atomic E-state index is 0.333. The minimum atomic E-state index is -3.40. The molecule has 3 rings (SSSR count). The molecule has 1 heterocycles. The molecule has 128 valence electrons. The van der Waals surface area contributed by atoms with Gasteiger partial charge in [-0.2, -0.15) is 0 Å². The molecule has 0 bridgehead atoms. The average Bonchev–Trinajstić information content (AvgIpc) is 2.59. The van der Waals surface area contributed by atoms with Crippen LogP contribution in [0.15, 0.2) is 53.4 Å². The fourth-order valence-corrected chi connectivity index (χ4v) is 4.13. The van der Waals surface area contributed by atoms with Gasteiger partial charge < -0.3 is 0 Å². The van der Waals surface area contributed by atoms with Gasteiger partial charge in [0.25, 0.3) is 0 Å². The molecule has 2 aromatic carbocycles. The third-order valence-electron chi connectivity index (χ3n) is 4.48. The highest BCUT2D eigenvalue weighted by atomic mass is 32.2. The van der Waals surface area contributed by atoms with Gasteiger partial charge in [0.05, 0.1) is 4.90 Å². The van der Waals surface area contributed by atoms with Gasteiger partial charge in [-0.15, -0.1) is 0 Å². The summed E-state index contributed by atoms with van der Waals surface area (Å²) in [6.07, 6.45) is 1.89. The van der Waals surface area contributed by atoms with Crippen LogP contribution in [0.2, 0.25) is 0 Å². The van der Waals surface area contributed by atoms with Crippen LogP contribution in [0.5, 0.6) is 0 Å². The zero-order chi connectivity index (χ0) is 17.0. The average molecular weight is 344 g/mol. The number of sulfonamides is 1. The summed E-state index contributed by atoms with van der Waals surface area (Å²) in [5.41, 5.74) is 3.89. The Hall–Kier alpha value is -1.69. The lowest BCUT2D eigenvalue weighted by atomic mass is 10.00. The number of rotatable bonds is 6. The Morgan fingerprint density at radius 1 is 1.04 bits per heavy atom. The Bertz CT molecular complexity index is 785. The molecule has 0 aromatic heterocycles. The van der Waals surface area contributed by atoms with Crippen LogP contribution in [0.3, 0.4) is 0 Å². The fourth-order valence-electron chi connectivity index (χ4n) is 3.05. The summed E-state index contributed by atoms with van der Waals surface area (Å²) in [5, 5.41) is 0. The summed E-state index contributed by atoms with van der Waals surface area (Å²) in [6, 6.07) is 15.5. The van der Waals surface area contributed by atoms with Gasteiger partial charge in [-0.3, -0.25) is 4.90 Å². The van der Waals surface area contributed by atoms with Crippen molar-refractivity contribution in [3.63, 3.8) is 0 Å². The van der Waals surface area contributed by atoms with Crippen molar-refractivity contribution in [2.24, 2.45) is 0 Å². The second-order valence-corrected chi connectivity index (χ2v) is 8.13. The number of aryl methyl sites for hydroxylation is 1. The minimum Gasteiger partial charge on any atom is -0.299 e. The molecule has 0 radical (unpaired) electrons. The van der Waals surface area contributed by atoms with E-state index in [1.54, 1.807) is 12.1 Å². The van der Waals surface area contributed by atoms with Crippen molar-refractivity contribution in [3.05, 3.63) is 65.2 Å². The Kier molecular flexibility index (Phi) is 5.33. The van der Waals surface area contributed by atoms with Gasteiger partial charge in [0.2, 0.25) is 10.0 Å². The van der Waals surface area contributed by atoms with E-state index in [4.69, 9.17) is 0 Å². The molecule has 0 atom stereocenters. The third kappa shape index (κ3) is 4.23. The molecule has 2 aromatic rings. The van der Waals surface area contributed by atoms with E-state index in [1.165, 1.54) is 11.1 Å². The van der Waals surface area contributed by atoms with Crippen molar-refractivity contribution in [1.82, 2.24) is 9.62 Å². The zero-order valence-electron chi connectivity index (χ0n) is 14.0. The van der Waals surface area contributed by atoms with Crippen molar-refractivity contribution >= 4 is 10.0 Å². The van der Waals surface area contributed by atoms with E-state index in [1.807, 2.05) is 19.1 Å². The van der Waals surface area contributed by atoms with Crippen LogP contribution < -0.4 is 4.72 Å². The van der Waals surface area contributed by atoms with Crippen LogP contribution >= 0.6 is 0 Å². The molecule has 0 saturated carbocycles. The highest BCUT2D eigenvalue weighted by molar-refractivity contribution is 7.89. The highest BCUT2D eigenvalue weighted by Crippen LogP contribution is 2.18. The Labute approximate surface area is 144 Å². The SMILES string of the molecule is Cc1ccc(S(=O)(=O)NCCCN2CCc3ccccc3C2)cc1. The summed E-state index contributed by atoms with van der Waals surface area (Å²) in [4.78, 5) is 2.72. The van der Waals surface area contributed by atoms with Gasteiger partial charge >= 0.3 is 0 Å². The lowest BCUT2D eigenvalue weighted by molar-refractivity contribution is 0.251. The van der Waals surface area contributed by atoms with Crippen molar-refractivity contribution < 1.29 is 8.42 Å². The Morgan fingerprint density at radius 2 is 1.75 bits per heavy atom. The Balaban J connectivity index is 1.47. The van der Waals surface area contributed by atoms with Gasteiger partial charge in [-0.05, 0) is 49.6 Å². The quantitative estimate of drug-likeness (QED) is 0.820. The largest absolute Gasteiger partial charge is 0.299 e. The summed E-state index contributed by atoms with van der Waals surface area (Å²) >= 11 is 0. The molecule has 4 nitrogen and oxygen atoms in total. The molecule has 0 amide bonds. The summed E-state index contributed by atoms with van der Waals surface area (Å²) < 4.78 is 27.2. The number of fused-ring (bicyclic) bond motifs is 1. The van der Waals surface area contributed by atoms with E-state index < -0.39 is 10.0 Å². The molecule has 0 spiro atoms. The third-order valence-corrected chi connectivity index (χ3v) is 5.96. The number of hydrogen-bond acceptors (Lipinski definition) is 3. The molecule has 1 aliphatic heterocycles. The maximum atomic E-state index is 12.2. The van der Waals surface area contributed by atoms with Gasteiger partial charge in [-0.1, -0.05) is 42.0 Å². The summed E-state index contributed by atoms with van der Waals surface area (Å²) in [6.45, 7) is 5.32. The van der Waals surface area contributed by atoms with Crippen LogP contribution in [0, 0.1) is 6.92 Å². The molecule has 0 saturated heterocycles. The topological polar surface area (TPSA) is 49.4 Å². The second kappa shape index (κ2) is 7.47. The predicted molar refractivity (Wildman–Crippen MR) is 96.4 cm³/mol. The first kappa shape index (κ1) is 17.1. The lowest BCUT2D eigenvalue weighted by Crippen LogP contribution is -2.33. The zero-order valence-corrected chi connectivity index (χ0v) is 14.8. The summed E-state index contributed by atoms with van der Waals surface area (Å²) in [7, 11) is -3.40. The first-order valence-electron chi connectivity index (χ1n) is 8.40. The lowest BCUT2D eigenvalue weighted by Gasteiger charge is -2.28. The van der Waals surface area contributed by atoms with Crippen LogP contribution in [-0.4, -0.2) is 33.0 Å². The van der Waals surface area contributed by atoms with Crippen LogP contribution in [0.1, 0.15) is 23.1 Å². The maximum absolute atomic E-state index is 12.2.